The van der Waals surface area contributed by atoms with E-state index in [2.05, 4.69) is 5.32 Å². The molecule has 0 aliphatic heterocycles. The molecular formula is C24H31ClN4O6S. The van der Waals surface area contributed by atoms with E-state index in [4.69, 9.17) is 11.6 Å². The molecular weight excluding hydrogens is 508 g/mol. The van der Waals surface area contributed by atoms with E-state index in [1.54, 1.807) is 58.9 Å². The number of nitrogens with zero attached hydrogens (tertiary/aromatic N) is 3. The molecule has 36 heavy (non-hydrogen) atoms. The highest BCUT2D eigenvalue weighted by Crippen LogP contribution is 2.28. The van der Waals surface area contributed by atoms with Crippen molar-refractivity contribution in [1.82, 2.24) is 10.2 Å². The van der Waals surface area contributed by atoms with Crippen LogP contribution in [-0.2, 0) is 26.2 Å². The van der Waals surface area contributed by atoms with Gasteiger partial charge < -0.3 is 10.2 Å². The molecule has 0 fully saturated rings. The summed E-state index contributed by atoms with van der Waals surface area (Å²) in [6.07, 6.45) is 0.909. The Bertz CT molecular complexity index is 1260. The van der Waals surface area contributed by atoms with E-state index < -0.39 is 44.9 Å². The van der Waals surface area contributed by atoms with Crippen molar-refractivity contribution in [3.63, 3.8) is 0 Å². The summed E-state index contributed by atoms with van der Waals surface area (Å²) in [6.45, 7) is 7.81. The fourth-order valence-corrected chi connectivity index (χ4v) is 4.54. The molecule has 196 valence electrons. The lowest BCUT2D eigenvalue weighted by molar-refractivity contribution is -0.384. The number of carbonyl (C=O) groups is 2. The van der Waals surface area contributed by atoms with E-state index in [1.807, 2.05) is 0 Å². The van der Waals surface area contributed by atoms with E-state index in [0.717, 1.165) is 16.6 Å². The molecule has 0 saturated carbocycles. The van der Waals surface area contributed by atoms with Gasteiger partial charge in [0.1, 0.15) is 12.6 Å². The van der Waals surface area contributed by atoms with Crippen LogP contribution in [-0.4, -0.2) is 54.4 Å². The van der Waals surface area contributed by atoms with Crippen LogP contribution in [0.1, 0.15) is 38.8 Å². The average molecular weight is 539 g/mol. The Balaban J connectivity index is 2.51. The van der Waals surface area contributed by atoms with Gasteiger partial charge in [-0.15, -0.1) is 0 Å². The van der Waals surface area contributed by atoms with Crippen LogP contribution in [0, 0.1) is 17.0 Å². The number of aryl methyl sites for hydroxylation is 1. The molecule has 0 aliphatic rings. The van der Waals surface area contributed by atoms with Crippen molar-refractivity contribution in [2.24, 2.45) is 0 Å². The van der Waals surface area contributed by atoms with Crippen molar-refractivity contribution >= 4 is 44.8 Å². The molecule has 1 atom stereocenters. The van der Waals surface area contributed by atoms with Gasteiger partial charge >= 0.3 is 0 Å². The predicted octanol–water partition coefficient (Wildman–Crippen LogP) is 3.65. The number of halogens is 1. The zero-order chi connectivity index (χ0) is 27.4. The molecule has 0 saturated heterocycles. The molecule has 0 aliphatic carbocycles. The summed E-state index contributed by atoms with van der Waals surface area (Å²) in [4.78, 5) is 38.4. The summed E-state index contributed by atoms with van der Waals surface area (Å²) in [6, 6.07) is 9.62. The highest BCUT2D eigenvalue weighted by atomic mass is 35.5. The van der Waals surface area contributed by atoms with Crippen LogP contribution in [0.3, 0.4) is 0 Å². The van der Waals surface area contributed by atoms with E-state index in [1.165, 1.54) is 17.0 Å². The van der Waals surface area contributed by atoms with Crippen LogP contribution in [0.2, 0.25) is 5.02 Å². The minimum absolute atomic E-state index is 0.00420. The van der Waals surface area contributed by atoms with Crippen LogP contribution in [0.4, 0.5) is 11.4 Å². The number of benzene rings is 2. The molecule has 2 aromatic rings. The fraction of sp³-hybridized carbons (Fsp3) is 0.417. The number of sulfonamides is 1. The second-order valence-electron chi connectivity index (χ2n) is 9.53. The Kier molecular flexibility index (Phi) is 9.08. The summed E-state index contributed by atoms with van der Waals surface area (Å²) in [5, 5.41) is 14.5. The second-order valence-corrected chi connectivity index (χ2v) is 11.8. The Morgan fingerprint density at radius 2 is 1.78 bits per heavy atom. The fourth-order valence-electron chi connectivity index (χ4n) is 3.44. The van der Waals surface area contributed by atoms with Gasteiger partial charge in [-0.1, -0.05) is 35.9 Å². The lowest BCUT2D eigenvalue weighted by atomic mass is 10.1. The standard InChI is InChI=1S/C24H31ClN4O6S/c1-16-11-12-19(29(32)33)13-21(16)28(36(6,34)35)15-22(30)27(14-18-9-7-8-10-20(18)25)17(2)23(31)26-24(3,4)5/h7-13,17H,14-15H2,1-6H3,(H,26,31)/t17-/m1/s1. The van der Waals surface area contributed by atoms with Crippen LogP contribution in [0.25, 0.3) is 0 Å². The minimum Gasteiger partial charge on any atom is -0.350 e. The number of rotatable bonds is 9. The molecule has 0 radical (unpaired) electrons. The van der Waals surface area contributed by atoms with Gasteiger partial charge in [-0.25, -0.2) is 8.42 Å². The molecule has 0 unspecified atom stereocenters. The van der Waals surface area contributed by atoms with Crippen molar-refractivity contribution in [1.29, 1.82) is 0 Å². The number of anilines is 1. The van der Waals surface area contributed by atoms with E-state index in [9.17, 15) is 28.1 Å². The summed E-state index contributed by atoms with van der Waals surface area (Å²) in [5.74, 6) is -1.11. The smallest absolute Gasteiger partial charge is 0.271 e. The Morgan fingerprint density at radius 1 is 1.17 bits per heavy atom. The molecule has 12 heteroatoms. The van der Waals surface area contributed by atoms with Crippen molar-refractivity contribution in [3.05, 3.63) is 68.7 Å². The zero-order valence-electron chi connectivity index (χ0n) is 21.1. The second kappa shape index (κ2) is 11.3. The molecule has 0 spiro atoms. The van der Waals surface area contributed by atoms with E-state index in [0.29, 0.717) is 16.1 Å². The normalized spacial score (nSPS) is 12.5. The third-order valence-corrected chi connectivity index (χ3v) is 6.81. The van der Waals surface area contributed by atoms with Crippen molar-refractivity contribution in [3.8, 4) is 0 Å². The number of nitro benzene ring substituents is 1. The first-order valence-electron chi connectivity index (χ1n) is 11.1. The number of nitro groups is 1. The number of hydrogen-bond acceptors (Lipinski definition) is 6. The van der Waals surface area contributed by atoms with Crippen molar-refractivity contribution in [2.45, 2.75) is 52.7 Å². The number of non-ortho nitro benzene ring substituents is 1. The zero-order valence-corrected chi connectivity index (χ0v) is 22.7. The van der Waals surface area contributed by atoms with Gasteiger partial charge in [0.25, 0.3) is 5.69 Å². The summed E-state index contributed by atoms with van der Waals surface area (Å²) in [7, 11) is -4.03. The molecule has 0 bridgehead atoms. The van der Waals surface area contributed by atoms with Gasteiger partial charge in [0.05, 0.1) is 16.9 Å². The van der Waals surface area contributed by atoms with Gasteiger partial charge in [-0.3, -0.25) is 24.0 Å². The first kappa shape index (κ1) is 29.1. The van der Waals surface area contributed by atoms with Gasteiger partial charge in [0.2, 0.25) is 21.8 Å². The van der Waals surface area contributed by atoms with Crippen LogP contribution >= 0.6 is 11.6 Å². The summed E-state index contributed by atoms with van der Waals surface area (Å²) >= 11 is 6.30. The summed E-state index contributed by atoms with van der Waals surface area (Å²) in [5.41, 5.74) is 0.117. The molecule has 2 aromatic carbocycles. The monoisotopic (exact) mass is 538 g/mol. The number of hydrogen-bond donors (Lipinski definition) is 1. The maximum atomic E-state index is 13.6. The maximum absolute atomic E-state index is 13.6. The molecule has 0 heterocycles. The van der Waals surface area contributed by atoms with E-state index in [-0.39, 0.29) is 17.9 Å². The molecule has 2 rings (SSSR count). The highest BCUT2D eigenvalue weighted by molar-refractivity contribution is 7.92. The highest BCUT2D eigenvalue weighted by Gasteiger charge is 2.32. The predicted molar refractivity (Wildman–Crippen MR) is 139 cm³/mol. The Labute approximate surface area is 216 Å². The number of carbonyl (C=O) groups excluding carboxylic acids is 2. The molecule has 10 nitrogen and oxygen atoms in total. The molecule has 1 N–H and O–H groups in total. The summed E-state index contributed by atoms with van der Waals surface area (Å²) < 4.78 is 26.2. The SMILES string of the molecule is Cc1ccc([N+](=O)[O-])cc1N(CC(=O)N(Cc1ccccc1Cl)[C@H](C)C(=O)NC(C)(C)C)S(C)(=O)=O. The van der Waals surface area contributed by atoms with Crippen molar-refractivity contribution < 1.29 is 22.9 Å². The average Bonchev–Trinajstić information content (AvgIpc) is 2.74. The van der Waals surface area contributed by atoms with Crippen LogP contribution in [0.5, 0.6) is 0 Å². The van der Waals surface area contributed by atoms with Crippen molar-refractivity contribution in [2.75, 3.05) is 17.1 Å². The van der Waals surface area contributed by atoms with Crippen LogP contribution in [0.15, 0.2) is 42.5 Å². The Hall–Kier alpha value is -3.18. The third kappa shape index (κ3) is 7.66. The van der Waals surface area contributed by atoms with Gasteiger partial charge in [-0.05, 0) is 51.8 Å². The largest absolute Gasteiger partial charge is 0.350 e. The van der Waals surface area contributed by atoms with Crippen LogP contribution < -0.4 is 9.62 Å². The topological polar surface area (TPSA) is 130 Å². The molecule has 2 amide bonds. The maximum Gasteiger partial charge on any atom is 0.271 e. The van der Waals surface area contributed by atoms with Gasteiger partial charge in [-0.2, -0.15) is 0 Å². The Morgan fingerprint density at radius 3 is 2.31 bits per heavy atom. The van der Waals surface area contributed by atoms with Gasteiger partial charge in [0, 0.05) is 29.2 Å². The quantitative estimate of drug-likeness (QED) is 0.383. The number of amides is 2. The third-order valence-electron chi connectivity index (χ3n) is 5.32. The van der Waals surface area contributed by atoms with E-state index >= 15 is 0 Å². The first-order valence-corrected chi connectivity index (χ1v) is 13.3. The minimum atomic E-state index is -4.03. The first-order chi connectivity index (χ1) is 16.5. The lowest BCUT2D eigenvalue weighted by Gasteiger charge is -2.33. The van der Waals surface area contributed by atoms with Gasteiger partial charge in [0.15, 0.2) is 0 Å². The number of nitrogens with one attached hydrogen (secondary N) is 1. The lowest BCUT2D eigenvalue weighted by Crippen LogP contribution is -2.54. The molecule has 0 aromatic heterocycles.